The number of fused-ring (bicyclic) bond motifs is 2. The molecule has 3 unspecified atom stereocenters. The van der Waals surface area contributed by atoms with Gasteiger partial charge in [-0.15, -0.1) is 0 Å². The number of nitrogens with one attached hydrogen (secondary N) is 1. The van der Waals surface area contributed by atoms with Crippen LogP contribution in [0.2, 0.25) is 0 Å². The van der Waals surface area contributed by atoms with Crippen molar-refractivity contribution in [3.05, 3.63) is 46.8 Å². The molecule has 1 aromatic carbocycles. The molecule has 0 aliphatic carbocycles. The first-order valence-corrected chi connectivity index (χ1v) is 10.9. The van der Waals surface area contributed by atoms with Crippen LogP contribution in [-0.2, 0) is 36.1 Å². The monoisotopic (exact) mass is 476 g/mol. The first-order valence-electron chi connectivity index (χ1n) is 10.9. The Morgan fingerprint density at radius 3 is 2.71 bits per heavy atom. The zero-order valence-electron chi connectivity index (χ0n) is 18.3. The Morgan fingerprint density at radius 1 is 1.24 bits per heavy atom. The molecule has 5 rings (SSSR count). The summed E-state index contributed by atoms with van der Waals surface area (Å²) in [5.74, 6) is -1.31. The molecule has 34 heavy (non-hydrogen) atoms. The molecular weight excluding hydrogens is 453 g/mol. The van der Waals surface area contributed by atoms with Crippen molar-refractivity contribution < 1.29 is 27.6 Å². The van der Waals surface area contributed by atoms with Crippen molar-refractivity contribution in [1.82, 2.24) is 20.0 Å². The smallest absolute Gasteiger partial charge is 0.351 e. The lowest BCUT2D eigenvalue weighted by Crippen LogP contribution is -2.59. The van der Waals surface area contributed by atoms with Crippen molar-refractivity contribution in [1.29, 1.82) is 0 Å². The van der Waals surface area contributed by atoms with Gasteiger partial charge in [0.15, 0.2) is 0 Å². The maximum absolute atomic E-state index is 14.1. The zero-order valence-corrected chi connectivity index (χ0v) is 18.3. The number of aromatic nitrogens is 2. The van der Waals surface area contributed by atoms with Crippen LogP contribution in [-0.4, -0.2) is 56.7 Å². The van der Waals surface area contributed by atoms with Crippen molar-refractivity contribution in [3.63, 3.8) is 0 Å². The highest BCUT2D eigenvalue weighted by molar-refractivity contribution is 6.05. The quantitative estimate of drug-likeness (QED) is 0.640. The molecule has 0 spiro atoms. The Labute approximate surface area is 192 Å². The molecule has 3 N–H and O–H groups in total. The van der Waals surface area contributed by atoms with Gasteiger partial charge in [-0.25, -0.2) is 0 Å². The molecule has 3 atom stereocenters. The van der Waals surface area contributed by atoms with Gasteiger partial charge in [0.05, 0.1) is 17.6 Å². The van der Waals surface area contributed by atoms with Crippen LogP contribution < -0.4 is 16.0 Å². The molecule has 0 radical (unpaired) electrons. The lowest BCUT2D eigenvalue weighted by atomic mass is 9.93. The van der Waals surface area contributed by atoms with E-state index in [-0.39, 0.29) is 38.3 Å². The van der Waals surface area contributed by atoms with Crippen LogP contribution in [0.5, 0.6) is 0 Å². The molecule has 12 heteroatoms. The molecule has 1 fully saturated rings. The van der Waals surface area contributed by atoms with E-state index in [1.54, 1.807) is 25.2 Å². The topological polar surface area (TPSA) is 114 Å². The van der Waals surface area contributed by atoms with E-state index >= 15 is 0 Å². The molecule has 1 saturated heterocycles. The van der Waals surface area contributed by atoms with E-state index in [0.717, 1.165) is 0 Å². The molecule has 4 heterocycles. The van der Waals surface area contributed by atoms with Crippen LogP contribution >= 0.6 is 0 Å². The first kappa shape index (κ1) is 22.4. The number of rotatable bonds is 3. The lowest BCUT2D eigenvalue weighted by Gasteiger charge is -2.42. The summed E-state index contributed by atoms with van der Waals surface area (Å²) < 4.78 is 43.8. The van der Waals surface area contributed by atoms with E-state index in [2.05, 4.69) is 10.4 Å². The summed E-state index contributed by atoms with van der Waals surface area (Å²) >= 11 is 0. The first-order chi connectivity index (χ1) is 16.1. The van der Waals surface area contributed by atoms with Crippen molar-refractivity contribution in [2.45, 2.75) is 56.7 Å². The van der Waals surface area contributed by atoms with Crippen LogP contribution in [0, 0.1) is 0 Å². The SMILES string of the molecule is Cn1ncc2c1CC(N)C(C(F)(F)F)N2Cc1cccc2c1CN(C1CCC(=O)NC1=O)C2=O. The number of carbonyl (C=O) groups excluding carboxylic acids is 3. The van der Waals surface area contributed by atoms with Crippen LogP contribution in [0.3, 0.4) is 0 Å². The number of piperidine rings is 1. The maximum Gasteiger partial charge on any atom is 0.410 e. The molecule has 2 aromatic rings. The molecule has 3 amide bonds. The molecule has 1 aromatic heterocycles. The van der Waals surface area contributed by atoms with Gasteiger partial charge in [0, 0.05) is 44.6 Å². The fourth-order valence-corrected chi connectivity index (χ4v) is 5.23. The van der Waals surface area contributed by atoms with Crippen molar-refractivity contribution in [2.24, 2.45) is 12.8 Å². The third-order valence-corrected chi connectivity index (χ3v) is 6.87. The second kappa shape index (κ2) is 7.83. The summed E-state index contributed by atoms with van der Waals surface area (Å²) in [6.45, 7) is -0.0523. The summed E-state index contributed by atoms with van der Waals surface area (Å²) in [7, 11) is 1.66. The minimum atomic E-state index is -4.57. The average molecular weight is 476 g/mol. The van der Waals surface area contributed by atoms with E-state index < -0.39 is 36.1 Å². The summed E-state index contributed by atoms with van der Waals surface area (Å²) in [6, 6.07) is 1.01. The molecular formula is C22H23F3N6O3. The summed E-state index contributed by atoms with van der Waals surface area (Å²) in [5, 5.41) is 6.38. The molecule has 3 aliphatic heterocycles. The number of aryl methyl sites for hydroxylation is 1. The van der Waals surface area contributed by atoms with Gasteiger partial charge in [-0.3, -0.25) is 24.4 Å². The zero-order chi connectivity index (χ0) is 24.4. The number of anilines is 1. The number of nitrogens with two attached hydrogens (primary N) is 1. The number of carbonyl (C=O) groups is 3. The molecule has 180 valence electrons. The molecule has 0 bridgehead atoms. The van der Waals surface area contributed by atoms with Gasteiger partial charge in [-0.2, -0.15) is 18.3 Å². The second-order valence-electron chi connectivity index (χ2n) is 8.93. The molecule has 3 aliphatic rings. The highest BCUT2D eigenvalue weighted by atomic mass is 19.4. The number of hydrogen-bond acceptors (Lipinski definition) is 6. The summed E-state index contributed by atoms with van der Waals surface area (Å²) in [4.78, 5) is 39.5. The molecule has 9 nitrogen and oxygen atoms in total. The maximum atomic E-state index is 14.1. The number of alkyl halides is 3. The number of imide groups is 1. The van der Waals surface area contributed by atoms with Crippen molar-refractivity contribution in [3.8, 4) is 0 Å². The largest absolute Gasteiger partial charge is 0.410 e. The van der Waals surface area contributed by atoms with E-state index in [4.69, 9.17) is 5.73 Å². The van der Waals surface area contributed by atoms with Crippen LogP contribution in [0.25, 0.3) is 0 Å². The van der Waals surface area contributed by atoms with Crippen LogP contribution in [0.1, 0.15) is 40.0 Å². The predicted molar refractivity (Wildman–Crippen MR) is 113 cm³/mol. The average Bonchev–Trinajstić information content (AvgIpc) is 3.28. The van der Waals surface area contributed by atoms with Gasteiger partial charge in [0.2, 0.25) is 11.8 Å². The van der Waals surface area contributed by atoms with Gasteiger partial charge < -0.3 is 15.5 Å². The molecule has 0 saturated carbocycles. The predicted octanol–water partition coefficient (Wildman–Crippen LogP) is 1.00. The number of benzene rings is 1. The fraction of sp³-hybridized carbons (Fsp3) is 0.455. The third kappa shape index (κ3) is 3.52. The van der Waals surface area contributed by atoms with Crippen molar-refractivity contribution >= 4 is 23.4 Å². The third-order valence-electron chi connectivity index (χ3n) is 6.87. The minimum absolute atomic E-state index is 0.0428. The van der Waals surface area contributed by atoms with E-state index in [1.165, 1.54) is 20.7 Å². The fourth-order valence-electron chi connectivity index (χ4n) is 5.23. The van der Waals surface area contributed by atoms with E-state index in [9.17, 15) is 27.6 Å². The van der Waals surface area contributed by atoms with Crippen LogP contribution in [0.4, 0.5) is 18.9 Å². The Bertz CT molecular complexity index is 1190. The standard InChI is InChI=1S/C22H23F3N6O3/c1-29-16-7-14(26)19(22(23,24)25)30(17(16)8-27-29)9-11-3-2-4-12-13(11)10-31(21(12)34)15-5-6-18(32)28-20(15)33/h2-4,8,14-15,19H,5-7,9-10,26H2,1H3,(H,28,32,33). The summed E-state index contributed by atoms with van der Waals surface area (Å²) in [6.07, 6.45) is -2.80. The lowest BCUT2D eigenvalue weighted by molar-refractivity contribution is -0.154. The van der Waals surface area contributed by atoms with Gasteiger partial charge in [0.1, 0.15) is 12.1 Å². The summed E-state index contributed by atoms with van der Waals surface area (Å²) in [5.41, 5.74) is 8.42. The Hall–Kier alpha value is -3.41. The van der Waals surface area contributed by atoms with Crippen LogP contribution in [0.15, 0.2) is 24.4 Å². The number of hydrogen-bond donors (Lipinski definition) is 2. The van der Waals surface area contributed by atoms with E-state index in [0.29, 0.717) is 28.1 Å². The van der Waals surface area contributed by atoms with E-state index in [1.807, 2.05) is 0 Å². The van der Waals surface area contributed by atoms with Crippen molar-refractivity contribution in [2.75, 3.05) is 4.90 Å². The normalized spacial score (nSPS) is 24.9. The Kier molecular flexibility index (Phi) is 5.15. The van der Waals surface area contributed by atoms with Gasteiger partial charge in [-0.1, -0.05) is 12.1 Å². The Balaban J connectivity index is 1.50. The Morgan fingerprint density at radius 2 is 2.00 bits per heavy atom. The van der Waals surface area contributed by atoms with Gasteiger partial charge >= 0.3 is 6.18 Å². The highest BCUT2D eigenvalue weighted by Gasteiger charge is 2.51. The minimum Gasteiger partial charge on any atom is -0.351 e. The second-order valence-corrected chi connectivity index (χ2v) is 8.93. The van der Waals surface area contributed by atoms with Gasteiger partial charge in [0.25, 0.3) is 5.91 Å². The highest BCUT2D eigenvalue weighted by Crippen LogP contribution is 2.39. The number of nitrogens with zero attached hydrogens (tertiary/aromatic N) is 4. The van der Waals surface area contributed by atoms with Gasteiger partial charge in [-0.05, 0) is 23.6 Å². The number of amides is 3. The number of halogens is 3.